The molecule has 0 saturated heterocycles. The van der Waals surface area contributed by atoms with Crippen LogP contribution in [0.15, 0.2) is 36.4 Å². The topological polar surface area (TPSA) is 38.9 Å². The first-order chi connectivity index (χ1) is 8.36. The van der Waals surface area contributed by atoms with Gasteiger partial charge in [-0.05, 0) is 35.6 Å². The van der Waals surface area contributed by atoms with Crippen LogP contribution in [-0.2, 0) is 5.41 Å². The number of hydrogen-bond donors (Lipinski definition) is 1. The van der Waals surface area contributed by atoms with Gasteiger partial charge in [0, 0.05) is 5.56 Å². The minimum absolute atomic E-state index is 0.178. The van der Waals surface area contributed by atoms with Crippen molar-refractivity contribution in [2.75, 3.05) is 5.73 Å². The van der Waals surface area contributed by atoms with Gasteiger partial charge >= 0.3 is 0 Å². The van der Waals surface area contributed by atoms with Crippen LogP contribution in [0.4, 0.5) is 5.82 Å². The number of aryl methyl sites for hydroxylation is 1. The molecule has 2 heteroatoms. The second kappa shape index (κ2) is 4.45. The zero-order valence-corrected chi connectivity index (χ0v) is 11.5. The van der Waals surface area contributed by atoms with Gasteiger partial charge in [-0.1, -0.05) is 45.0 Å². The van der Waals surface area contributed by atoms with E-state index in [1.807, 2.05) is 13.0 Å². The quantitative estimate of drug-likeness (QED) is 0.820. The van der Waals surface area contributed by atoms with E-state index >= 15 is 0 Å². The molecule has 0 radical (unpaired) electrons. The summed E-state index contributed by atoms with van der Waals surface area (Å²) in [7, 11) is 0. The van der Waals surface area contributed by atoms with Crippen LogP contribution in [-0.4, -0.2) is 4.98 Å². The number of rotatable bonds is 1. The van der Waals surface area contributed by atoms with E-state index in [4.69, 9.17) is 5.73 Å². The van der Waals surface area contributed by atoms with E-state index in [0.29, 0.717) is 5.82 Å². The smallest absolute Gasteiger partial charge is 0.124 e. The van der Waals surface area contributed by atoms with Gasteiger partial charge in [0.05, 0.1) is 5.69 Å². The van der Waals surface area contributed by atoms with E-state index in [-0.39, 0.29) is 5.41 Å². The number of hydrogen-bond acceptors (Lipinski definition) is 2. The molecule has 0 spiro atoms. The van der Waals surface area contributed by atoms with Crippen molar-refractivity contribution < 1.29 is 0 Å². The Morgan fingerprint density at radius 2 is 1.61 bits per heavy atom. The third-order valence-corrected chi connectivity index (χ3v) is 3.04. The SMILES string of the molecule is Cc1cc(N)nc(-c2ccc(C(C)(C)C)cc2)c1. The Hall–Kier alpha value is -1.83. The molecule has 0 aliphatic carbocycles. The summed E-state index contributed by atoms with van der Waals surface area (Å²) in [6.07, 6.45) is 0. The first kappa shape index (κ1) is 12.6. The molecule has 18 heavy (non-hydrogen) atoms. The van der Waals surface area contributed by atoms with Crippen molar-refractivity contribution in [1.82, 2.24) is 4.98 Å². The first-order valence-electron chi connectivity index (χ1n) is 6.21. The van der Waals surface area contributed by atoms with Crippen LogP contribution in [0.25, 0.3) is 11.3 Å². The largest absolute Gasteiger partial charge is 0.384 e. The Balaban J connectivity index is 2.40. The molecule has 0 fully saturated rings. The van der Waals surface area contributed by atoms with Gasteiger partial charge in [0.15, 0.2) is 0 Å². The average Bonchev–Trinajstić information content (AvgIpc) is 2.27. The molecular formula is C16H20N2. The lowest BCUT2D eigenvalue weighted by Crippen LogP contribution is -2.10. The van der Waals surface area contributed by atoms with Crippen molar-refractivity contribution in [1.29, 1.82) is 0 Å². The first-order valence-corrected chi connectivity index (χ1v) is 6.21. The Kier molecular flexibility index (Phi) is 3.12. The van der Waals surface area contributed by atoms with Gasteiger partial charge in [-0.25, -0.2) is 4.98 Å². The molecule has 1 aromatic carbocycles. The van der Waals surface area contributed by atoms with Gasteiger partial charge in [0.25, 0.3) is 0 Å². The fourth-order valence-electron chi connectivity index (χ4n) is 1.98. The van der Waals surface area contributed by atoms with Gasteiger partial charge in [0.2, 0.25) is 0 Å². The standard InChI is InChI=1S/C16H20N2/c1-11-9-14(18-15(17)10-11)12-5-7-13(8-6-12)16(2,3)4/h5-10H,1-4H3,(H2,17,18). The van der Waals surface area contributed by atoms with Crippen molar-refractivity contribution in [2.24, 2.45) is 0 Å². The number of nitrogen functional groups attached to an aromatic ring is 1. The summed E-state index contributed by atoms with van der Waals surface area (Å²) in [5.41, 5.74) is 10.5. The molecule has 2 rings (SSSR count). The molecule has 0 aliphatic rings. The fraction of sp³-hybridized carbons (Fsp3) is 0.312. The van der Waals surface area contributed by atoms with Crippen molar-refractivity contribution in [3.63, 3.8) is 0 Å². The minimum Gasteiger partial charge on any atom is -0.384 e. The highest BCUT2D eigenvalue weighted by Crippen LogP contribution is 2.26. The molecule has 0 unspecified atom stereocenters. The third-order valence-electron chi connectivity index (χ3n) is 3.04. The van der Waals surface area contributed by atoms with E-state index in [0.717, 1.165) is 16.8 Å². The van der Waals surface area contributed by atoms with Crippen LogP contribution < -0.4 is 5.73 Å². The lowest BCUT2D eigenvalue weighted by molar-refractivity contribution is 0.590. The Bertz CT molecular complexity index is 528. The maximum atomic E-state index is 5.78. The van der Waals surface area contributed by atoms with Crippen molar-refractivity contribution in [3.8, 4) is 11.3 Å². The van der Waals surface area contributed by atoms with Crippen LogP contribution in [0.3, 0.4) is 0 Å². The Morgan fingerprint density at radius 1 is 1.00 bits per heavy atom. The van der Waals surface area contributed by atoms with Gasteiger partial charge < -0.3 is 5.73 Å². The lowest BCUT2D eigenvalue weighted by atomic mass is 9.86. The molecule has 0 amide bonds. The average molecular weight is 240 g/mol. The molecule has 94 valence electrons. The van der Waals surface area contributed by atoms with Crippen molar-refractivity contribution >= 4 is 5.82 Å². The summed E-state index contributed by atoms with van der Waals surface area (Å²) in [4.78, 5) is 4.37. The highest BCUT2D eigenvalue weighted by molar-refractivity contribution is 5.62. The summed E-state index contributed by atoms with van der Waals surface area (Å²) in [6.45, 7) is 8.67. The normalized spacial score (nSPS) is 11.6. The monoisotopic (exact) mass is 240 g/mol. The summed E-state index contributed by atoms with van der Waals surface area (Å²) in [5, 5.41) is 0. The van der Waals surface area contributed by atoms with Crippen LogP contribution >= 0.6 is 0 Å². The van der Waals surface area contributed by atoms with E-state index in [1.165, 1.54) is 5.56 Å². The third kappa shape index (κ3) is 2.70. The Morgan fingerprint density at radius 3 is 2.11 bits per heavy atom. The second-order valence-electron chi connectivity index (χ2n) is 5.78. The summed E-state index contributed by atoms with van der Waals surface area (Å²) in [5.74, 6) is 0.574. The molecule has 0 aliphatic heterocycles. The van der Waals surface area contributed by atoms with Gasteiger partial charge in [-0.3, -0.25) is 0 Å². The predicted molar refractivity (Wildman–Crippen MR) is 77.5 cm³/mol. The van der Waals surface area contributed by atoms with Crippen LogP contribution in [0.2, 0.25) is 0 Å². The molecule has 1 aromatic heterocycles. The molecule has 2 N–H and O–H groups in total. The van der Waals surface area contributed by atoms with Gasteiger partial charge in [-0.2, -0.15) is 0 Å². The van der Waals surface area contributed by atoms with Gasteiger partial charge in [-0.15, -0.1) is 0 Å². The summed E-state index contributed by atoms with van der Waals surface area (Å²) >= 11 is 0. The highest BCUT2D eigenvalue weighted by atomic mass is 14.8. The van der Waals surface area contributed by atoms with E-state index < -0.39 is 0 Å². The molecule has 0 bridgehead atoms. The molecule has 2 nitrogen and oxygen atoms in total. The van der Waals surface area contributed by atoms with E-state index in [1.54, 1.807) is 0 Å². The minimum atomic E-state index is 0.178. The van der Waals surface area contributed by atoms with Gasteiger partial charge in [0.1, 0.15) is 5.82 Å². The Labute approximate surface area is 109 Å². The molecule has 0 atom stereocenters. The molecule has 0 saturated carbocycles. The van der Waals surface area contributed by atoms with Crippen LogP contribution in [0.5, 0.6) is 0 Å². The van der Waals surface area contributed by atoms with Crippen molar-refractivity contribution in [2.45, 2.75) is 33.1 Å². The number of nitrogens with zero attached hydrogens (tertiary/aromatic N) is 1. The molecule has 2 aromatic rings. The summed E-state index contributed by atoms with van der Waals surface area (Å²) < 4.78 is 0. The number of nitrogens with two attached hydrogens (primary N) is 1. The van der Waals surface area contributed by atoms with E-state index in [2.05, 4.69) is 56.1 Å². The number of benzene rings is 1. The highest BCUT2D eigenvalue weighted by Gasteiger charge is 2.13. The molecule has 1 heterocycles. The number of pyridine rings is 1. The van der Waals surface area contributed by atoms with Crippen molar-refractivity contribution in [3.05, 3.63) is 47.5 Å². The zero-order chi connectivity index (χ0) is 13.3. The number of aromatic nitrogens is 1. The summed E-state index contributed by atoms with van der Waals surface area (Å²) in [6, 6.07) is 12.5. The lowest BCUT2D eigenvalue weighted by Gasteiger charge is -2.19. The maximum absolute atomic E-state index is 5.78. The fourth-order valence-corrected chi connectivity index (χ4v) is 1.98. The predicted octanol–water partition coefficient (Wildman–Crippen LogP) is 3.94. The maximum Gasteiger partial charge on any atom is 0.124 e. The number of anilines is 1. The second-order valence-corrected chi connectivity index (χ2v) is 5.78. The van der Waals surface area contributed by atoms with Crippen LogP contribution in [0.1, 0.15) is 31.9 Å². The van der Waals surface area contributed by atoms with E-state index in [9.17, 15) is 0 Å². The van der Waals surface area contributed by atoms with Crippen LogP contribution in [0, 0.1) is 6.92 Å². The zero-order valence-electron chi connectivity index (χ0n) is 11.5. The molecular weight excluding hydrogens is 220 g/mol.